The number of aryl methyl sites for hydroxylation is 1. The second-order valence-electron chi connectivity index (χ2n) is 4.83. The standard InChI is InChI=1S/C15H14N4O/c1-9-5-3-4-6-12(9)14(11(7-16)8-17)13-10(2)18-19-15(13)20/h3-6,11,13-14H,1-2H3,(H,19,20)/t13-,14-/m1/s1. The number of hydrogen-bond acceptors (Lipinski definition) is 4. The lowest BCUT2D eigenvalue weighted by molar-refractivity contribution is -0.122. The fourth-order valence-corrected chi connectivity index (χ4v) is 2.60. The van der Waals surface area contributed by atoms with Crippen molar-refractivity contribution in [3.05, 3.63) is 35.4 Å². The Balaban J connectivity index is 2.55. The van der Waals surface area contributed by atoms with Gasteiger partial charge >= 0.3 is 0 Å². The van der Waals surface area contributed by atoms with Crippen LogP contribution in [-0.4, -0.2) is 11.6 Å². The van der Waals surface area contributed by atoms with Gasteiger partial charge in [0.25, 0.3) is 0 Å². The summed E-state index contributed by atoms with van der Waals surface area (Å²) in [6, 6.07) is 11.5. The van der Waals surface area contributed by atoms with E-state index in [-0.39, 0.29) is 5.91 Å². The quantitative estimate of drug-likeness (QED) is 0.905. The largest absolute Gasteiger partial charge is 0.272 e. The molecule has 0 fully saturated rings. The van der Waals surface area contributed by atoms with E-state index >= 15 is 0 Å². The molecule has 1 aliphatic heterocycles. The Labute approximate surface area is 117 Å². The van der Waals surface area contributed by atoms with Gasteiger partial charge in [-0.1, -0.05) is 24.3 Å². The van der Waals surface area contributed by atoms with Crippen molar-refractivity contribution in [3.8, 4) is 12.1 Å². The highest BCUT2D eigenvalue weighted by Crippen LogP contribution is 2.36. The molecule has 1 heterocycles. The zero-order valence-corrected chi connectivity index (χ0v) is 11.3. The van der Waals surface area contributed by atoms with Crippen molar-refractivity contribution >= 4 is 11.6 Å². The van der Waals surface area contributed by atoms with Gasteiger partial charge in [0.05, 0.1) is 18.1 Å². The van der Waals surface area contributed by atoms with Gasteiger partial charge < -0.3 is 0 Å². The molecule has 5 heteroatoms. The van der Waals surface area contributed by atoms with E-state index in [2.05, 4.69) is 10.5 Å². The molecule has 100 valence electrons. The number of rotatable bonds is 3. The molecular weight excluding hydrogens is 252 g/mol. The average molecular weight is 266 g/mol. The fraction of sp³-hybridized carbons (Fsp3) is 0.333. The van der Waals surface area contributed by atoms with Gasteiger partial charge in [0, 0.05) is 11.6 Å². The topological polar surface area (TPSA) is 89.0 Å². The SMILES string of the molecule is CC1=NNC(=O)[C@H]1[C@@H](c1ccccc1C)C(C#N)C#N. The smallest absolute Gasteiger partial charge is 0.249 e. The Hall–Kier alpha value is -2.66. The van der Waals surface area contributed by atoms with Crippen molar-refractivity contribution < 1.29 is 4.79 Å². The van der Waals surface area contributed by atoms with E-state index in [0.717, 1.165) is 11.1 Å². The highest BCUT2D eigenvalue weighted by Gasteiger charge is 2.41. The zero-order chi connectivity index (χ0) is 14.7. The molecule has 0 bridgehead atoms. The highest BCUT2D eigenvalue weighted by molar-refractivity contribution is 6.07. The van der Waals surface area contributed by atoms with E-state index in [9.17, 15) is 15.3 Å². The van der Waals surface area contributed by atoms with E-state index < -0.39 is 17.8 Å². The summed E-state index contributed by atoms with van der Waals surface area (Å²) in [5, 5.41) is 22.4. The summed E-state index contributed by atoms with van der Waals surface area (Å²) < 4.78 is 0. The Bertz CT molecular complexity index is 637. The molecule has 1 amide bonds. The van der Waals surface area contributed by atoms with Gasteiger partial charge in [-0.25, -0.2) is 5.43 Å². The van der Waals surface area contributed by atoms with E-state index in [1.165, 1.54) is 0 Å². The molecule has 1 aliphatic rings. The van der Waals surface area contributed by atoms with E-state index in [1.807, 2.05) is 43.3 Å². The number of benzene rings is 1. The molecule has 0 unspecified atom stereocenters. The van der Waals surface area contributed by atoms with Gasteiger partial charge in [-0.15, -0.1) is 0 Å². The second-order valence-corrected chi connectivity index (χ2v) is 4.83. The van der Waals surface area contributed by atoms with Crippen molar-refractivity contribution in [2.75, 3.05) is 0 Å². The monoisotopic (exact) mass is 266 g/mol. The zero-order valence-electron chi connectivity index (χ0n) is 11.3. The van der Waals surface area contributed by atoms with Crippen LogP contribution in [0.5, 0.6) is 0 Å². The van der Waals surface area contributed by atoms with Crippen LogP contribution in [0.25, 0.3) is 0 Å². The Morgan fingerprint density at radius 2 is 1.90 bits per heavy atom. The molecule has 0 aliphatic carbocycles. The molecule has 0 radical (unpaired) electrons. The van der Waals surface area contributed by atoms with Crippen LogP contribution >= 0.6 is 0 Å². The van der Waals surface area contributed by atoms with Crippen molar-refractivity contribution in [2.24, 2.45) is 16.9 Å². The summed E-state index contributed by atoms with van der Waals surface area (Å²) in [4.78, 5) is 12.0. The number of nitriles is 2. The summed E-state index contributed by atoms with van der Waals surface area (Å²) in [5.74, 6) is -2.22. The third kappa shape index (κ3) is 2.26. The third-order valence-corrected chi connectivity index (χ3v) is 3.62. The summed E-state index contributed by atoms with van der Waals surface area (Å²) in [7, 11) is 0. The molecule has 0 aromatic heterocycles. The molecule has 0 saturated heterocycles. The van der Waals surface area contributed by atoms with Crippen molar-refractivity contribution in [3.63, 3.8) is 0 Å². The van der Waals surface area contributed by atoms with Crippen LogP contribution < -0.4 is 5.43 Å². The van der Waals surface area contributed by atoms with Crippen LogP contribution in [0.3, 0.4) is 0 Å². The Kier molecular flexibility index (Phi) is 3.81. The van der Waals surface area contributed by atoms with Gasteiger partial charge in [-0.05, 0) is 25.0 Å². The van der Waals surface area contributed by atoms with Gasteiger partial charge in [0.2, 0.25) is 5.91 Å². The first kappa shape index (κ1) is 13.8. The highest BCUT2D eigenvalue weighted by atomic mass is 16.2. The number of carbonyl (C=O) groups is 1. The molecular formula is C15H14N4O. The maximum Gasteiger partial charge on any atom is 0.249 e. The average Bonchev–Trinajstić information content (AvgIpc) is 2.77. The van der Waals surface area contributed by atoms with Gasteiger partial charge in [0.15, 0.2) is 0 Å². The number of amides is 1. The first-order valence-electron chi connectivity index (χ1n) is 6.29. The maximum absolute atomic E-state index is 12.0. The lowest BCUT2D eigenvalue weighted by atomic mass is 9.74. The van der Waals surface area contributed by atoms with Gasteiger partial charge in [-0.2, -0.15) is 15.6 Å². The summed E-state index contributed by atoms with van der Waals surface area (Å²) in [6.45, 7) is 3.65. The van der Waals surface area contributed by atoms with Crippen LogP contribution in [0.4, 0.5) is 0 Å². The third-order valence-electron chi connectivity index (χ3n) is 3.62. The minimum atomic E-state index is -0.893. The van der Waals surface area contributed by atoms with Crippen LogP contribution in [0.1, 0.15) is 24.0 Å². The number of nitrogens with one attached hydrogen (secondary N) is 1. The summed E-state index contributed by atoms with van der Waals surface area (Å²) >= 11 is 0. The van der Waals surface area contributed by atoms with Crippen LogP contribution in [0.15, 0.2) is 29.4 Å². The normalized spacial score (nSPS) is 18.9. The Morgan fingerprint density at radius 1 is 1.25 bits per heavy atom. The van der Waals surface area contributed by atoms with E-state index in [1.54, 1.807) is 6.92 Å². The predicted octanol–water partition coefficient (Wildman–Crippen LogP) is 1.86. The lowest BCUT2D eigenvalue weighted by Crippen LogP contribution is -2.32. The minimum absolute atomic E-state index is 0.258. The molecule has 5 nitrogen and oxygen atoms in total. The van der Waals surface area contributed by atoms with Crippen LogP contribution in [0, 0.1) is 41.4 Å². The number of hydrazone groups is 1. The molecule has 20 heavy (non-hydrogen) atoms. The van der Waals surface area contributed by atoms with Crippen molar-refractivity contribution in [1.29, 1.82) is 10.5 Å². The molecule has 2 rings (SSSR count). The van der Waals surface area contributed by atoms with E-state index in [0.29, 0.717) is 5.71 Å². The summed E-state index contributed by atoms with van der Waals surface area (Å²) in [5.41, 5.74) is 4.84. The fourth-order valence-electron chi connectivity index (χ4n) is 2.60. The first-order valence-corrected chi connectivity index (χ1v) is 6.29. The van der Waals surface area contributed by atoms with Gasteiger partial charge in [0.1, 0.15) is 5.92 Å². The molecule has 0 spiro atoms. The molecule has 1 aromatic rings. The lowest BCUT2D eigenvalue weighted by Gasteiger charge is -2.24. The van der Waals surface area contributed by atoms with Crippen LogP contribution in [0.2, 0.25) is 0 Å². The second kappa shape index (κ2) is 5.54. The molecule has 0 saturated carbocycles. The van der Waals surface area contributed by atoms with E-state index in [4.69, 9.17) is 0 Å². The predicted molar refractivity (Wildman–Crippen MR) is 73.4 cm³/mol. The number of carbonyl (C=O) groups excluding carboxylic acids is 1. The van der Waals surface area contributed by atoms with Crippen molar-refractivity contribution in [1.82, 2.24) is 5.43 Å². The Morgan fingerprint density at radius 3 is 2.40 bits per heavy atom. The molecule has 2 atom stereocenters. The number of nitrogens with zero attached hydrogens (tertiary/aromatic N) is 3. The maximum atomic E-state index is 12.0. The number of hydrogen-bond donors (Lipinski definition) is 1. The van der Waals surface area contributed by atoms with Crippen molar-refractivity contribution in [2.45, 2.75) is 19.8 Å². The molecule has 1 N–H and O–H groups in total. The minimum Gasteiger partial charge on any atom is -0.272 e. The first-order chi connectivity index (χ1) is 9.60. The van der Waals surface area contributed by atoms with Gasteiger partial charge in [-0.3, -0.25) is 4.79 Å². The van der Waals surface area contributed by atoms with Crippen LogP contribution in [-0.2, 0) is 4.79 Å². The summed E-state index contributed by atoms with van der Waals surface area (Å²) in [6.07, 6.45) is 0. The molecule has 1 aromatic carbocycles.